The smallest absolute Gasteiger partial charge is 0.175 e. The number of aromatic nitrogens is 1. The van der Waals surface area contributed by atoms with Gasteiger partial charge >= 0.3 is 0 Å². The lowest BCUT2D eigenvalue weighted by atomic mass is 10.2. The van der Waals surface area contributed by atoms with Gasteiger partial charge in [-0.25, -0.2) is 8.42 Å². The van der Waals surface area contributed by atoms with Crippen molar-refractivity contribution < 1.29 is 13.2 Å². The van der Waals surface area contributed by atoms with Crippen molar-refractivity contribution in [3.8, 4) is 0 Å². The zero-order valence-electron chi connectivity index (χ0n) is 15.6. The molecule has 1 aromatic carbocycles. The number of likely N-dealkylation sites (N-methyl/N-ethyl adjacent to an activating group) is 1. The standard InChI is InChI=1S/C19H21N3O3S3/c1-21(18(26)16-8-10-20-11-9-16)12-17(23)13-28(24,25)14-22(2)19(27)15-6-4-3-5-7-15/h3-11H,12-14H2,1-2H3. The van der Waals surface area contributed by atoms with Crippen LogP contribution in [0, 0.1) is 0 Å². The maximum Gasteiger partial charge on any atom is 0.175 e. The molecule has 0 aliphatic rings. The van der Waals surface area contributed by atoms with Crippen LogP contribution in [0.5, 0.6) is 0 Å². The number of thiocarbonyl (C=S) groups is 2. The minimum atomic E-state index is -3.66. The molecule has 6 nitrogen and oxygen atoms in total. The number of benzene rings is 1. The molecule has 0 atom stereocenters. The highest BCUT2D eigenvalue weighted by molar-refractivity contribution is 7.92. The van der Waals surface area contributed by atoms with Crippen LogP contribution in [0.4, 0.5) is 0 Å². The summed E-state index contributed by atoms with van der Waals surface area (Å²) in [6, 6.07) is 12.6. The largest absolute Gasteiger partial charge is 0.358 e. The number of rotatable bonds is 8. The van der Waals surface area contributed by atoms with E-state index in [1.165, 1.54) is 4.90 Å². The highest BCUT2D eigenvalue weighted by Gasteiger charge is 2.22. The number of hydrogen-bond acceptors (Lipinski definition) is 6. The second-order valence-electron chi connectivity index (χ2n) is 6.32. The summed E-state index contributed by atoms with van der Waals surface area (Å²) < 4.78 is 24.9. The van der Waals surface area contributed by atoms with E-state index in [2.05, 4.69) is 4.98 Å². The Kier molecular flexibility index (Phi) is 7.73. The van der Waals surface area contributed by atoms with E-state index in [0.717, 1.165) is 11.1 Å². The second kappa shape index (κ2) is 9.81. The summed E-state index contributed by atoms with van der Waals surface area (Å²) in [6.45, 7) is -0.0900. The van der Waals surface area contributed by atoms with Crippen molar-refractivity contribution in [1.29, 1.82) is 0 Å². The maximum atomic E-state index is 12.4. The Hall–Kier alpha value is -2.23. The lowest BCUT2D eigenvalue weighted by Crippen LogP contribution is -2.37. The van der Waals surface area contributed by atoms with Crippen molar-refractivity contribution in [1.82, 2.24) is 14.8 Å². The summed E-state index contributed by atoms with van der Waals surface area (Å²) >= 11 is 10.7. The van der Waals surface area contributed by atoms with Crippen LogP contribution in [0.2, 0.25) is 0 Å². The molecule has 0 spiro atoms. The van der Waals surface area contributed by atoms with Crippen molar-refractivity contribution in [2.45, 2.75) is 0 Å². The van der Waals surface area contributed by atoms with Gasteiger partial charge < -0.3 is 9.80 Å². The minimum Gasteiger partial charge on any atom is -0.358 e. The SMILES string of the molecule is CN(CC(=O)CS(=O)(=O)CN(C)C(=S)c1ccccc1)C(=S)c1ccncc1. The third-order valence-corrected chi connectivity index (χ3v) is 6.46. The molecule has 0 unspecified atom stereocenters. The van der Waals surface area contributed by atoms with E-state index in [-0.39, 0.29) is 12.4 Å². The van der Waals surface area contributed by atoms with Gasteiger partial charge in [0.15, 0.2) is 15.6 Å². The zero-order valence-corrected chi connectivity index (χ0v) is 18.1. The normalized spacial score (nSPS) is 10.9. The average molecular weight is 436 g/mol. The van der Waals surface area contributed by atoms with Gasteiger partial charge in [0.05, 0.1) is 6.54 Å². The Morgan fingerprint density at radius 1 is 0.929 bits per heavy atom. The zero-order chi connectivity index (χ0) is 20.7. The van der Waals surface area contributed by atoms with Crippen molar-refractivity contribution in [3.05, 3.63) is 66.0 Å². The first-order valence-electron chi connectivity index (χ1n) is 8.38. The van der Waals surface area contributed by atoms with Crippen LogP contribution in [0.25, 0.3) is 0 Å². The quantitative estimate of drug-likeness (QED) is 0.583. The van der Waals surface area contributed by atoms with Gasteiger partial charge in [0, 0.05) is 37.6 Å². The molecule has 0 aliphatic heterocycles. The summed E-state index contributed by atoms with van der Waals surface area (Å²) in [5.74, 6) is -1.33. The van der Waals surface area contributed by atoms with Crippen LogP contribution < -0.4 is 0 Å². The number of ketones is 1. The third kappa shape index (κ3) is 6.43. The molecule has 1 heterocycles. The molecule has 9 heteroatoms. The first kappa shape index (κ1) is 22.1. The Balaban J connectivity index is 1.93. The minimum absolute atomic E-state index is 0.0900. The fourth-order valence-corrected chi connectivity index (χ4v) is 4.42. The first-order chi connectivity index (χ1) is 13.2. The molecule has 28 heavy (non-hydrogen) atoms. The third-order valence-electron chi connectivity index (χ3n) is 3.83. The van der Waals surface area contributed by atoms with Crippen molar-refractivity contribution in [2.24, 2.45) is 0 Å². The fourth-order valence-electron chi connectivity index (χ4n) is 2.54. The molecular formula is C19H21N3O3S3. The highest BCUT2D eigenvalue weighted by atomic mass is 32.2. The lowest BCUT2D eigenvalue weighted by Gasteiger charge is -2.21. The van der Waals surface area contributed by atoms with E-state index >= 15 is 0 Å². The van der Waals surface area contributed by atoms with Crippen molar-refractivity contribution in [2.75, 3.05) is 32.3 Å². The predicted molar refractivity (Wildman–Crippen MR) is 118 cm³/mol. The number of carbonyl (C=O) groups excluding carboxylic acids is 1. The maximum absolute atomic E-state index is 12.4. The molecule has 0 N–H and O–H groups in total. The molecule has 0 saturated heterocycles. The van der Waals surface area contributed by atoms with Crippen LogP contribution in [0.3, 0.4) is 0 Å². The Morgan fingerprint density at radius 3 is 2.07 bits per heavy atom. The molecule has 0 fully saturated rings. The van der Waals surface area contributed by atoms with Crippen LogP contribution in [0.15, 0.2) is 54.9 Å². The lowest BCUT2D eigenvalue weighted by molar-refractivity contribution is -0.116. The number of hydrogen-bond donors (Lipinski definition) is 0. The van der Waals surface area contributed by atoms with Crippen LogP contribution in [0.1, 0.15) is 11.1 Å². The summed E-state index contributed by atoms with van der Waals surface area (Å²) in [7, 11) is -0.404. The summed E-state index contributed by atoms with van der Waals surface area (Å²) in [5.41, 5.74) is 1.50. The van der Waals surface area contributed by atoms with Gasteiger partial charge in [-0.3, -0.25) is 9.78 Å². The Bertz CT molecular complexity index is 948. The Labute approximate surface area is 176 Å². The summed E-state index contributed by atoms with van der Waals surface area (Å²) in [4.78, 5) is 20.1. The molecular weight excluding hydrogens is 414 g/mol. The van der Waals surface area contributed by atoms with Crippen molar-refractivity contribution >= 4 is 50.0 Å². The molecule has 0 bridgehead atoms. The topological polar surface area (TPSA) is 70.6 Å². The molecule has 1 aromatic heterocycles. The van der Waals surface area contributed by atoms with Gasteiger partial charge in [-0.1, -0.05) is 54.8 Å². The number of nitrogens with zero attached hydrogens (tertiary/aromatic N) is 3. The molecule has 0 saturated carbocycles. The summed E-state index contributed by atoms with van der Waals surface area (Å²) in [5, 5.41) is 0. The fraction of sp³-hybridized carbons (Fsp3) is 0.263. The van der Waals surface area contributed by atoms with E-state index in [1.807, 2.05) is 30.3 Å². The number of pyridine rings is 1. The summed E-state index contributed by atoms with van der Waals surface area (Å²) in [6.07, 6.45) is 3.21. The molecule has 0 radical (unpaired) electrons. The van der Waals surface area contributed by atoms with Gasteiger partial charge in [0.1, 0.15) is 21.6 Å². The van der Waals surface area contributed by atoms with Crippen molar-refractivity contribution in [3.63, 3.8) is 0 Å². The highest BCUT2D eigenvalue weighted by Crippen LogP contribution is 2.08. The van der Waals surface area contributed by atoms with E-state index in [1.54, 1.807) is 43.5 Å². The number of Topliss-reactive ketones (excluding diaryl/α,β-unsaturated/α-hetero) is 1. The van der Waals surface area contributed by atoms with Crippen LogP contribution in [-0.4, -0.2) is 71.2 Å². The predicted octanol–water partition coefficient (Wildman–Crippen LogP) is 1.94. The van der Waals surface area contributed by atoms with Crippen LogP contribution in [-0.2, 0) is 14.6 Å². The van der Waals surface area contributed by atoms with E-state index in [4.69, 9.17) is 24.4 Å². The average Bonchev–Trinajstić information content (AvgIpc) is 2.67. The van der Waals surface area contributed by atoms with E-state index in [0.29, 0.717) is 9.98 Å². The van der Waals surface area contributed by atoms with Gasteiger partial charge in [0.25, 0.3) is 0 Å². The van der Waals surface area contributed by atoms with E-state index in [9.17, 15) is 13.2 Å². The molecule has 0 amide bonds. The Morgan fingerprint density at radius 2 is 1.46 bits per heavy atom. The van der Waals surface area contributed by atoms with Gasteiger partial charge in [-0.05, 0) is 12.1 Å². The first-order valence-corrected chi connectivity index (χ1v) is 11.0. The monoisotopic (exact) mass is 435 g/mol. The number of carbonyl (C=O) groups is 1. The number of sulfone groups is 1. The second-order valence-corrected chi connectivity index (χ2v) is 9.13. The van der Waals surface area contributed by atoms with Gasteiger partial charge in [-0.15, -0.1) is 0 Å². The van der Waals surface area contributed by atoms with Crippen LogP contribution >= 0.6 is 24.4 Å². The molecule has 0 aliphatic carbocycles. The molecule has 148 valence electrons. The van der Waals surface area contributed by atoms with Gasteiger partial charge in [-0.2, -0.15) is 0 Å². The molecule has 2 rings (SSSR count). The van der Waals surface area contributed by atoms with E-state index < -0.39 is 21.4 Å². The molecule has 2 aromatic rings. The van der Waals surface area contributed by atoms with Gasteiger partial charge in [0.2, 0.25) is 0 Å².